The van der Waals surface area contributed by atoms with Crippen LogP contribution < -0.4 is 4.90 Å². The van der Waals surface area contributed by atoms with Crippen LogP contribution in [0.25, 0.3) is 0 Å². The van der Waals surface area contributed by atoms with Crippen LogP contribution in [0.4, 0.5) is 5.95 Å². The highest BCUT2D eigenvalue weighted by atomic mass is 79.9. The molecule has 1 aromatic heterocycles. The van der Waals surface area contributed by atoms with Gasteiger partial charge in [-0.05, 0) is 25.8 Å². The summed E-state index contributed by atoms with van der Waals surface area (Å²) in [5.74, 6) is 0.828. The minimum atomic E-state index is 0.828. The number of nitrogens with zero attached hydrogens (tertiary/aromatic N) is 3. The smallest absolute Gasteiger partial charge is 0.225 e. The Bertz CT molecular complexity index is 291. The quantitative estimate of drug-likeness (QED) is 0.589. The van der Waals surface area contributed by atoms with E-state index in [2.05, 4.69) is 30.8 Å². The second kappa shape index (κ2) is 6.77. The van der Waals surface area contributed by atoms with Crippen molar-refractivity contribution in [2.75, 3.05) is 23.8 Å². The normalized spacial score (nSPS) is 10.3. The van der Waals surface area contributed by atoms with E-state index in [9.17, 15) is 0 Å². The summed E-state index contributed by atoms with van der Waals surface area (Å²) in [6.07, 6.45) is 5.50. The molecule has 1 heterocycles. The van der Waals surface area contributed by atoms with Gasteiger partial charge in [-0.15, -0.1) is 0 Å². The molecule has 0 bridgehead atoms. The fourth-order valence-corrected chi connectivity index (χ4v) is 1.74. The van der Waals surface area contributed by atoms with Crippen LogP contribution in [-0.4, -0.2) is 28.9 Å². The topological polar surface area (TPSA) is 29.0 Å². The van der Waals surface area contributed by atoms with Crippen LogP contribution in [0.2, 0.25) is 0 Å². The van der Waals surface area contributed by atoms with Crippen molar-refractivity contribution < 1.29 is 0 Å². The molecule has 0 saturated heterocycles. The van der Waals surface area contributed by atoms with Crippen molar-refractivity contribution in [3.63, 3.8) is 0 Å². The fraction of sp³-hybridized carbons (Fsp3) is 0.636. The van der Waals surface area contributed by atoms with E-state index in [0.29, 0.717) is 0 Å². The Morgan fingerprint density at radius 2 is 2.13 bits per heavy atom. The highest BCUT2D eigenvalue weighted by molar-refractivity contribution is 9.09. The first-order valence-corrected chi connectivity index (χ1v) is 6.43. The van der Waals surface area contributed by atoms with Gasteiger partial charge in [0.05, 0.1) is 0 Å². The summed E-state index contributed by atoms with van der Waals surface area (Å²) in [6, 6.07) is 1.92. The van der Waals surface area contributed by atoms with Crippen LogP contribution in [-0.2, 0) is 0 Å². The third-order valence-corrected chi connectivity index (χ3v) is 2.81. The molecular weight excluding hydrogens is 254 g/mol. The predicted molar refractivity (Wildman–Crippen MR) is 67.7 cm³/mol. The van der Waals surface area contributed by atoms with Crippen LogP contribution in [0.15, 0.2) is 12.3 Å². The molecule has 4 heteroatoms. The van der Waals surface area contributed by atoms with Crippen LogP contribution >= 0.6 is 15.9 Å². The summed E-state index contributed by atoms with van der Waals surface area (Å²) in [5.41, 5.74) is 1.02. The van der Waals surface area contributed by atoms with E-state index in [1.54, 1.807) is 0 Å². The Morgan fingerprint density at radius 3 is 2.80 bits per heavy atom. The van der Waals surface area contributed by atoms with Crippen molar-refractivity contribution in [2.45, 2.75) is 26.2 Å². The molecule has 0 spiro atoms. The first-order chi connectivity index (χ1) is 7.24. The van der Waals surface area contributed by atoms with E-state index in [0.717, 1.165) is 23.5 Å². The van der Waals surface area contributed by atoms with Crippen molar-refractivity contribution in [3.8, 4) is 0 Å². The lowest BCUT2D eigenvalue weighted by atomic mass is 10.2. The summed E-state index contributed by atoms with van der Waals surface area (Å²) >= 11 is 3.43. The minimum Gasteiger partial charge on any atom is -0.344 e. The van der Waals surface area contributed by atoms with Gasteiger partial charge in [0, 0.05) is 30.8 Å². The lowest BCUT2D eigenvalue weighted by Crippen LogP contribution is -2.21. The fourth-order valence-electron chi connectivity index (χ4n) is 1.34. The number of halogens is 1. The number of aromatic nitrogens is 2. The van der Waals surface area contributed by atoms with Crippen molar-refractivity contribution in [1.82, 2.24) is 9.97 Å². The van der Waals surface area contributed by atoms with E-state index >= 15 is 0 Å². The average molecular weight is 272 g/mol. The van der Waals surface area contributed by atoms with Crippen LogP contribution in [0.3, 0.4) is 0 Å². The first-order valence-electron chi connectivity index (χ1n) is 5.31. The second-order valence-corrected chi connectivity index (χ2v) is 4.46. The van der Waals surface area contributed by atoms with Gasteiger partial charge < -0.3 is 4.90 Å². The van der Waals surface area contributed by atoms with Crippen LogP contribution in [0.1, 0.15) is 25.0 Å². The Balaban J connectivity index is 2.36. The van der Waals surface area contributed by atoms with Crippen molar-refractivity contribution in [2.24, 2.45) is 0 Å². The molecule has 0 unspecified atom stereocenters. The van der Waals surface area contributed by atoms with E-state index in [1.165, 1.54) is 19.3 Å². The molecular formula is C11H18BrN3. The summed E-state index contributed by atoms with van der Waals surface area (Å²) in [7, 11) is 2.04. The van der Waals surface area contributed by atoms with E-state index in [4.69, 9.17) is 0 Å². The molecule has 0 radical (unpaired) electrons. The number of hydrogen-bond acceptors (Lipinski definition) is 3. The summed E-state index contributed by atoms with van der Waals surface area (Å²) in [6.45, 7) is 3.01. The van der Waals surface area contributed by atoms with Gasteiger partial charge >= 0.3 is 0 Å². The molecule has 0 fully saturated rings. The molecule has 0 amide bonds. The summed E-state index contributed by atoms with van der Waals surface area (Å²) in [5, 5.41) is 1.09. The Morgan fingerprint density at radius 1 is 1.33 bits per heavy atom. The largest absolute Gasteiger partial charge is 0.344 e. The lowest BCUT2D eigenvalue weighted by molar-refractivity contribution is 0.700. The number of rotatable bonds is 6. The number of anilines is 1. The molecule has 0 aliphatic heterocycles. The van der Waals surface area contributed by atoms with E-state index in [1.807, 2.05) is 26.2 Å². The number of hydrogen-bond donors (Lipinski definition) is 0. The minimum absolute atomic E-state index is 0.828. The Labute approximate surface area is 100 Å². The van der Waals surface area contributed by atoms with E-state index < -0.39 is 0 Å². The molecule has 84 valence electrons. The molecule has 0 aliphatic rings. The number of aryl methyl sites for hydroxylation is 1. The molecule has 0 saturated carbocycles. The van der Waals surface area contributed by atoms with Gasteiger partial charge in [0.15, 0.2) is 0 Å². The van der Waals surface area contributed by atoms with Gasteiger partial charge in [0.2, 0.25) is 5.95 Å². The lowest BCUT2D eigenvalue weighted by Gasteiger charge is -2.16. The van der Waals surface area contributed by atoms with E-state index in [-0.39, 0.29) is 0 Å². The predicted octanol–water partition coefficient (Wildman–Crippen LogP) is 2.79. The van der Waals surface area contributed by atoms with Crippen molar-refractivity contribution >= 4 is 21.9 Å². The Hall–Kier alpha value is -0.640. The van der Waals surface area contributed by atoms with Crippen LogP contribution in [0, 0.1) is 6.92 Å². The van der Waals surface area contributed by atoms with Crippen molar-refractivity contribution in [3.05, 3.63) is 18.0 Å². The monoisotopic (exact) mass is 271 g/mol. The number of unbranched alkanes of at least 4 members (excludes halogenated alkanes) is 2. The molecule has 0 N–H and O–H groups in total. The average Bonchev–Trinajstić information content (AvgIpc) is 2.24. The third-order valence-electron chi connectivity index (χ3n) is 2.25. The molecule has 3 nitrogen and oxygen atoms in total. The van der Waals surface area contributed by atoms with Gasteiger partial charge in [0.1, 0.15) is 0 Å². The molecule has 15 heavy (non-hydrogen) atoms. The zero-order chi connectivity index (χ0) is 11.1. The maximum atomic E-state index is 4.38. The Kier molecular flexibility index (Phi) is 5.61. The highest BCUT2D eigenvalue weighted by Gasteiger charge is 2.02. The zero-order valence-electron chi connectivity index (χ0n) is 9.41. The van der Waals surface area contributed by atoms with Crippen molar-refractivity contribution in [1.29, 1.82) is 0 Å². The molecule has 1 aromatic rings. The van der Waals surface area contributed by atoms with Gasteiger partial charge in [-0.1, -0.05) is 22.4 Å². The zero-order valence-corrected chi connectivity index (χ0v) is 11.0. The maximum Gasteiger partial charge on any atom is 0.225 e. The summed E-state index contributed by atoms with van der Waals surface area (Å²) in [4.78, 5) is 10.7. The standard InChI is InChI=1S/C11H18BrN3/c1-10-6-8-13-11(14-10)15(2)9-5-3-4-7-12/h6,8H,3-5,7,9H2,1-2H3. The molecule has 0 aromatic carbocycles. The number of alkyl halides is 1. The first kappa shape index (κ1) is 12.4. The van der Waals surface area contributed by atoms with Gasteiger partial charge in [-0.2, -0.15) is 0 Å². The van der Waals surface area contributed by atoms with Crippen LogP contribution in [0.5, 0.6) is 0 Å². The highest BCUT2D eigenvalue weighted by Crippen LogP contribution is 2.07. The third kappa shape index (κ3) is 4.60. The molecule has 0 aliphatic carbocycles. The van der Waals surface area contributed by atoms with Gasteiger partial charge in [-0.25, -0.2) is 9.97 Å². The second-order valence-electron chi connectivity index (χ2n) is 3.67. The molecule has 0 atom stereocenters. The maximum absolute atomic E-state index is 4.38. The van der Waals surface area contributed by atoms with Gasteiger partial charge in [0.25, 0.3) is 0 Å². The molecule has 1 rings (SSSR count). The summed E-state index contributed by atoms with van der Waals surface area (Å²) < 4.78 is 0. The van der Waals surface area contributed by atoms with Gasteiger partial charge in [-0.3, -0.25) is 0 Å². The SMILES string of the molecule is Cc1ccnc(N(C)CCCCCBr)n1.